The van der Waals surface area contributed by atoms with E-state index >= 15 is 0 Å². The van der Waals surface area contributed by atoms with Gasteiger partial charge in [0.2, 0.25) is 0 Å². The molecule has 0 aliphatic carbocycles. The van der Waals surface area contributed by atoms with Gasteiger partial charge < -0.3 is 10.2 Å². The predicted octanol–water partition coefficient (Wildman–Crippen LogP) is 1.68. The summed E-state index contributed by atoms with van der Waals surface area (Å²) in [5.41, 5.74) is 0.470. The van der Waals surface area contributed by atoms with Crippen LogP contribution in [0.15, 0.2) is 10.3 Å². The van der Waals surface area contributed by atoms with Crippen LogP contribution in [0.25, 0.3) is 0 Å². The molecule has 118 valence electrons. The van der Waals surface area contributed by atoms with Gasteiger partial charge in [-0.25, -0.2) is 13.2 Å². The topological polar surface area (TPSA) is 94.9 Å². The zero-order valence-corrected chi connectivity index (χ0v) is 13.4. The van der Waals surface area contributed by atoms with E-state index in [0.717, 1.165) is 24.2 Å². The molecule has 0 aromatic carbocycles. The molecular weight excluding hydrogens is 314 g/mol. The molecule has 1 aliphatic rings. The van der Waals surface area contributed by atoms with Gasteiger partial charge in [-0.05, 0) is 44.2 Å². The molecule has 2 N–H and O–H groups in total. The summed E-state index contributed by atoms with van der Waals surface area (Å²) in [5.74, 6) is -1.10. The van der Waals surface area contributed by atoms with Crippen molar-refractivity contribution >= 4 is 27.3 Å². The molecule has 0 amide bonds. The number of sulfonamides is 1. The highest BCUT2D eigenvalue weighted by Crippen LogP contribution is 2.33. The molecule has 2 heterocycles. The Morgan fingerprint density at radius 3 is 2.81 bits per heavy atom. The van der Waals surface area contributed by atoms with Crippen molar-refractivity contribution in [2.24, 2.45) is 0 Å². The first-order valence-electron chi connectivity index (χ1n) is 6.84. The highest BCUT2D eigenvalue weighted by molar-refractivity contribution is 7.91. The van der Waals surface area contributed by atoms with E-state index in [1.807, 2.05) is 0 Å². The molecule has 1 aromatic rings. The number of hydrogen-bond acceptors (Lipinski definition) is 5. The van der Waals surface area contributed by atoms with Crippen LogP contribution in [-0.2, 0) is 10.0 Å². The second-order valence-electron chi connectivity index (χ2n) is 5.16. The molecule has 6 nitrogen and oxygen atoms in total. The van der Waals surface area contributed by atoms with Crippen LogP contribution >= 0.6 is 11.3 Å². The van der Waals surface area contributed by atoms with Crippen LogP contribution in [0.2, 0.25) is 0 Å². The maximum absolute atomic E-state index is 12.7. The number of aliphatic hydroxyl groups excluding tert-OH is 1. The lowest BCUT2D eigenvalue weighted by Gasteiger charge is -2.23. The minimum atomic E-state index is -3.65. The third-order valence-corrected chi connectivity index (χ3v) is 7.30. The van der Waals surface area contributed by atoms with E-state index in [1.54, 1.807) is 6.92 Å². The molecule has 1 atom stereocenters. The van der Waals surface area contributed by atoms with Crippen LogP contribution in [-0.4, -0.2) is 48.1 Å². The molecule has 1 aliphatic heterocycles. The maximum Gasteiger partial charge on any atom is 0.346 e. The number of hydrogen-bond donors (Lipinski definition) is 2. The Hall–Kier alpha value is -0.960. The number of carbonyl (C=O) groups is 1. The first-order chi connectivity index (χ1) is 9.87. The lowest BCUT2D eigenvalue weighted by atomic mass is 10.1. The lowest BCUT2D eigenvalue weighted by Crippen LogP contribution is -2.35. The maximum atomic E-state index is 12.7. The number of thiophene rings is 1. The monoisotopic (exact) mass is 333 g/mol. The van der Waals surface area contributed by atoms with Gasteiger partial charge in [0.05, 0.1) is 0 Å². The average molecular weight is 333 g/mol. The van der Waals surface area contributed by atoms with Crippen LogP contribution in [0.4, 0.5) is 0 Å². The van der Waals surface area contributed by atoms with Gasteiger partial charge in [0.25, 0.3) is 10.0 Å². The quantitative estimate of drug-likeness (QED) is 0.826. The van der Waals surface area contributed by atoms with Crippen LogP contribution in [0, 0.1) is 6.92 Å². The van der Waals surface area contributed by atoms with Crippen molar-refractivity contribution in [1.29, 1.82) is 0 Å². The Morgan fingerprint density at radius 2 is 2.24 bits per heavy atom. The Balaban J connectivity index is 2.28. The van der Waals surface area contributed by atoms with E-state index in [4.69, 9.17) is 10.2 Å². The fraction of sp³-hybridized carbons (Fsp3) is 0.615. The van der Waals surface area contributed by atoms with E-state index in [-0.39, 0.29) is 21.7 Å². The second kappa shape index (κ2) is 6.43. The van der Waals surface area contributed by atoms with Crippen molar-refractivity contribution < 1.29 is 23.4 Å². The highest BCUT2D eigenvalue weighted by atomic mass is 32.2. The highest BCUT2D eigenvalue weighted by Gasteiger charge is 2.36. The van der Waals surface area contributed by atoms with Crippen LogP contribution in [0.5, 0.6) is 0 Å². The standard InChI is InChI=1S/C13H19NO5S2/c1-9-8-11(20-12(9)13(16)17)21(18,19)14-6-2-4-10(14)5-3-7-15/h8,10,15H,2-7H2,1H3,(H,16,17). The van der Waals surface area contributed by atoms with Crippen molar-refractivity contribution in [3.63, 3.8) is 0 Å². The van der Waals surface area contributed by atoms with E-state index in [9.17, 15) is 13.2 Å². The molecule has 21 heavy (non-hydrogen) atoms. The Labute approximate surface area is 128 Å². The van der Waals surface area contributed by atoms with Gasteiger partial charge in [-0.2, -0.15) is 4.31 Å². The fourth-order valence-corrected chi connectivity index (χ4v) is 5.88. The summed E-state index contributed by atoms with van der Waals surface area (Å²) in [6.07, 6.45) is 2.78. The number of aryl methyl sites for hydroxylation is 1. The van der Waals surface area contributed by atoms with Gasteiger partial charge in [0.15, 0.2) is 0 Å². The Bertz CT molecular complexity index is 623. The Morgan fingerprint density at radius 1 is 1.52 bits per heavy atom. The summed E-state index contributed by atoms with van der Waals surface area (Å²) >= 11 is 0.809. The molecule has 0 saturated carbocycles. The van der Waals surface area contributed by atoms with Gasteiger partial charge in [-0.15, -0.1) is 11.3 Å². The normalized spacial score (nSPS) is 20.0. The van der Waals surface area contributed by atoms with Crippen molar-refractivity contribution in [2.45, 2.75) is 42.9 Å². The van der Waals surface area contributed by atoms with Crippen LogP contribution in [0.3, 0.4) is 0 Å². The number of nitrogens with zero attached hydrogens (tertiary/aromatic N) is 1. The molecule has 2 rings (SSSR count). The number of aromatic carboxylic acids is 1. The molecule has 1 unspecified atom stereocenters. The summed E-state index contributed by atoms with van der Waals surface area (Å²) in [6, 6.07) is 1.34. The predicted molar refractivity (Wildman–Crippen MR) is 79.2 cm³/mol. The molecule has 1 saturated heterocycles. The molecule has 8 heteroatoms. The average Bonchev–Trinajstić information content (AvgIpc) is 3.02. The van der Waals surface area contributed by atoms with Crippen LogP contribution in [0.1, 0.15) is 40.9 Å². The van der Waals surface area contributed by atoms with Gasteiger partial charge in [0, 0.05) is 19.2 Å². The molecule has 1 aromatic heterocycles. The zero-order chi connectivity index (χ0) is 15.6. The first-order valence-corrected chi connectivity index (χ1v) is 9.10. The summed E-state index contributed by atoms with van der Waals surface area (Å²) < 4.78 is 26.9. The van der Waals surface area contributed by atoms with Crippen LogP contribution < -0.4 is 0 Å². The van der Waals surface area contributed by atoms with Gasteiger partial charge in [-0.3, -0.25) is 0 Å². The van der Waals surface area contributed by atoms with E-state index in [2.05, 4.69) is 0 Å². The molecule has 0 radical (unpaired) electrons. The van der Waals surface area contributed by atoms with Gasteiger partial charge >= 0.3 is 5.97 Å². The van der Waals surface area contributed by atoms with E-state index < -0.39 is 16.0 Å². The SMILES string of the molecule is Cc1cc(S(=O)(=O)N2CCCC2CCCO)sc1C(=O)O. The number of rotatable bonds is 6. The van der Waals surface area contributed by atoms with Crippen molar-refractivity contribution in [2.75, 3.05) is 13.2 Å². The zero-order valence-electron chi connectivity index (χ0n) is 11.8. The number of carboxylic acid groups (broad SMARTS) is 1. The third kappa shape index (κ3) is 3.28. The van der Waals surface area contributed by atoms with E-state index in [1.165, 1.54) is 10.4 Å². The summed E-state index contributed by atoms with van der Waals surface area (Å²) in [4.78, 5) is 11.1. The fourth-order valence-electron chi connectivity index (χ4n) is 2.65. The molecular formula is C13H19NO5S2. The van der Waals surface area contributed by atoms with Gasteiger partial charge in [0.1, 0.15) is 9.09 Å². The first kappa shape index (κ1) is 16.4. The Kier molecular flexibility index (Phi) is 5.03. The van der Waals surface area contributed by atoms with Crippen molar-refractivity contribution in [1.82, 2.24) is 4.31 Å². The summed E-state index contributed by atoms with van der Waals surface area (Å²) in [6.45, 7) is 2.11. The molecule has 0 spiro atoms. The minimum absolute atomic E-state index is 0.0473. The largest absolute Gasteiger partial charge is 0.477 e. The molecule has 1 fully saturated rings. The smallest absolute Gasteiger partial charge is 0.346 e. The van der Waals surface area contributed by atoms with Gasteiger partial charge in [-0.1, -0.05) is 0 Å². The second-order valence-corrected chi connectivity index (χ2v) is 8.33. The molecule has 0 bridgehead atoms. The van der Waals surface area contributed by atoms with E-state index in [0.29, 0.717) is 24.9 Å². The summed E-state index contributed by atoms with van der Waals surface area (Å²) in [5, 5.41) is 18.0. The third-order valence-electron chi connectivity index (χ3n) is 3.67. The minimum Gasteiger partial charge on any atom is -0.477 e. The van der Waals surface area contributed by atoms with Crippen molar-refractivity contribution in [3.05, 3.63) is 16.5 Å². The number of carboxylic acids is 1. The number of aliphatic hydroxyl groups is 1. The summed E-state index contributed by atoms with van der Waals surface area (Å²) in [7, 11) is -3.65. The lowest BCUT2D eigenvalue weighted by molar-refractivity contribution is 0.0701. The van der Waals surface area contributed by atoms with Crippen molar-refractivity contribution in [3.8, 4) is 0 Å².